The third kappa shape index (κ3) is 6.70. The molecule has 31 heavy (non-hydrogen) atoms. The number of nitrogens with zero attached hydrogens (tertiary/aromatic N) is 1. The lowest BCUT2D eigenvalue weighted by atomic mass is 10.2. The summed E-state index contributed by atoms with van der Waals surface area (Å²) < 4.78 is 12.3. The Kier molecular flexibility index (Phi) is 8.27. The van der Waals surface area contributed by atoms with Crippen LogP contribution in [0.4, 0.5) is 0 Å². The number of carbonyl (C=O) groups is 1. The fraction of sp³-hybridized carbons (Fsp3) is 0.0833. The van der Waals surface area contributed by atoms with Crippen LogP contribution in [0.1, 0.15) is 21.5 Å². The topological polar surface area (TPSA) is 59.9 Å². The van der Waals surface area contributed by atoms with E-state index in [1.807, 2.05) is 36.4 Å². The molecule has 0 radical (unpaired) electrons. The lowest BCUT2D eigenvalue weighted by Crippen LogP contribution is -2.18. The number of carbonyl (C=O) groups excluding carboxylic acids is 1. The van der Waals surface area contributed by atoms with Gasteiger partial charge >= 0.3 is 0 Å². The first kappa shape index (κ1) is 22.6. The van der Waals surface area contributed by atoms with Crippen LogP contribution in [0.5, 0.6) is 11.5 Å². The maximum Gasteiger partial charge on any atom is 0.275 e. The van der Waals surface area contributed by atoms with Crippen molar-refractivity contribution in [1.29, 1.82) is 0 Å². The van der Waals surface area contributed by atoms with Crippen molar-refractivity contribution in [3.8, 4) is 11.5 Å². The molecule has 0 fully saturated rings. The van der Waals surface area contributed by atoms with Crippen LogP contribution >= 0.6 is 27.5 Å². The van der Waals surface area contributed by atoms with Crippen molar-refractivity contribution >= 4 is 39.7 Å². The average molecular weight is 500 g/mol. The quantitative estimate of drug-likeness (QED) is 0.223. The van der Waals surface area contributed by atoms with Gasteiger partial charge in [-0.05, 0) is 48.0 Å². The van der Waals surface area contributed by atoms with Crippen molar-refractivity contribution in [3.63, 3.8) is 0 Å². The summed E-state index contributed by atoms with van der Waals surface area (Å²) in [6, 6.07) is 19.9. The summed E-state index contributed by atoms with van der Waals surface area (Å²) in [4.78, 5) is 12.7. The Hall–Kier alpha value is -3.09. The Balaban J connectivity index is 1.68. The number of nitrogens with one attached hydrogen (secondary N) is 1. The monoisotopic (exact) mass is 498 g/mol. The van der Waals surface area contributed by atoms with E-state index in [2.05, 4.69) is 33.0 Å². The van der Waals surface area contributed by atoms with E-state index in [4.69, 9.17) is 21.1 Å². The number of hydrazone groups is 1. The average Bonchev–Trinajstić information content (AvgIpc) is 2.78. The lowest BCUT2D eigenvalue weighted by molar-refractivity contribution is 0.0950. The van der Waals surface area contributed by atoms with Crippen LogP contribution < -0.4 is 14.9 Å². The van der Waals surface area contributed by atoms with Crippen LogP contribution in [0.3, 0.4) is 0 Å². The van der Waals surface area contributed by atoms with Gasteiger partial charge < -0.3 is 9.47 Å². The minimum absolute atomic E-state index is 0.312. The minimum atomic E-state index is -0.383. The van der Waals surface area contributed by atoms with Crippen LogP contribution in [0.2, 0.25) is 5.02 Å². The second-order valence-corrected chi connectivity index (χ2v) is 7.74. The van der Waals surface area contributed by atoms with E-state index in [0.717, 1.165) is 10.0 Å². The highest BCUT2D eigenvalue weighted by Crippen LogP contribution is 2.22. The second-order valence-electron chi connectivity index (χ2n) is 6.39. The highest BCUT2D eigenvalue weighted by Gasteiger charge is 2.12. The first-order chi connectivity index (χ1) is 15.1. The van der Waals surface area contributed by atoms with Gasteiger partial charge in [0.2, 0.25) is 0 Å². The molecule has 0 aliphatic heterocycles. The summed E-state index contributed by atoms with van der Waals surface area (Å²) in [5.74, 6) is 0.710. The van der Waals surface area contributed by atoms with Gasteiger partial charge in [-0.25, -0.2) is 5.43 Å². The van der Waals surface area contributed by atoms with Gasteiger partial charge in [-0.2, -0.15) is 5.10 Å². The van der Waals surface area contributed by atoms with Crippen molar-refractivity contribution in [2.24, 2.45) is 5.10 Å². The first-order valence-corrected chi connectivity index (χ1v) is 10.6. The molecule has 0 saturated carbocycles. The fourth-order valence-electron chi connectivity index (χ4n) is 2.64. The molecule has 3 aromatic rings. The smallest absolute Gasteiger partial charge is 0.275 e. The van der Waals surface area contributed by atoms with Crippen LogP contribution in [-0.2, 0) is 6.61 Å². The van der Waals surface area contributed by atoms with Gasteiger partial charge in [0.15, 0.2) is 0 Å². The number of benzene rings is 3. The standard InChI is InChI=1S/C24H20BrClN2O3/c1-2-13-30-22-12-9-19(25)14-18(22)15-27-28-24(29)21-5-3-4-6-23(21)31-16-17-7-10-20(26)11-8-17/h2-12,14-15H,1,13,16H2,(H,28,29). The normalized spacial score (nSPS) is 10.6. The highest BCUT2D eigenvalue weighted by molar-refractivity contribution is 9.10. The molecule has 1 amide bonds. The Morgan fingerprint density at radius 3 is 2.61 bits per heavy atom. The zero-order chi connectivity index (χ0) is 22.1. The van der Waals surface area contributed by atoms with Crippen LogP contribution in [0, 0.1) is 0 Å². The predicted molar refractivity (Wildman–Crippen MR) is 127 cm³/mol. The third-order valence-electron chi connectivity index (χ3n) is 4.14. The molecule has 0 aliphatic rings. The molecule has 158 valence electrons. The van der Waals surface area contributed by atoms with E-state index >= 15 is 0 Å². The van der Waals surface area contributed by atoms with Crippen LogP contribution in [0.15, 0.2) is 89.0 Å². The maximum atomic E-state index is 12.7. The van der Waals surface area contributed by atoms with E-state index in [-0.39, 0.29) is 5.91 Å². The van der Waals surface area contributed by atoms with Gasteiger partial charge in [-0.1, -0.05) is 64.5 Å². The number of rotatable bonds is 9. The first-order valence-electron chi connectivity index (χ1n) is 9.39. The zero-order valence-electron chi connectivity index (χ0n) is 16.6. The molecule has 5 nitrogen and oxygen atoms in total. The summed E-state index contributed by atoms with van der Waals surface area (Å²) in [6.07, 6.45) is 3.18. The fourth-order valence-corrected chi connectivity index (χ4v) is 3.15. The molecule has 0 aromatic heterocycles. The Labute approximate surface area is 194 Å². The van der Waals surface area contributed by atoms with Gasteiger partial charge in [0, 0.05) is 15.1 Å². The van der Waals surface area contributed by atoms with E-state index in [1.165, 1.54) is 6.21 Å². The van der Waals surface area contributed by atoms with Crippen molar-refractivity contribution in [2.45, 2.75) is 6.61 Å². The van der Waals surface area contributed by atoms with E-state index in [1.54, 1.807) is 36.4 Å². The second kappa shape index (κ2) is 11.3. The molecular weight excluding hydrogens is 480 g/mol. The summed E-state index contributed by atoms with van der Waals surface area (Å²) in [5, 5.41) is 4.73. The molecular formula is C24H20BrClN2O3. The molecule has 0 bridgehead atoms. The molecule has 0 heterocycles. The number of halogens is 2. The molecule has 3 aromatic carbocycles. The molecule has 3 rings (SSSR count). The van der Waals surface area contributed by atoms with Gasteiger partial charge in [0.05, 0.1) is 11.8 Å². The zero-order valence-corrected chi connectivity index (χ0v) is 18.9. The predicted octanol–water partition coefficient (Wildman–Crippen LogP) is 6.01. The number of amides is 1. The Morgan fingerprint density at radius 2 is 1.84 bits per heavy atom. The van der Waals surface area contributed by atoms with Gasteiger partial charge in [-0.3, -0.25) is 4.79 Å². The Morgan fingerprint density at radius 1 is 1.06 bits per heavy atom. The molecule has 1 N–H and O–H groups in total. The Bertz CT molecular complexity index is 1080. The van der Waals surface area contributed by atoms with E-state index < -0.39 is 0 Å². The summed E-state index contributed by atoms with van der Waals surface area (Å²) in [6.45, 7) is 4.33. The largest absolute Gasteiger partial charge is 0.489 e. The van der Waals surface area contributed by atoms with E-state index in [9.17, 15) is 4.79 Å². The van der Waals surface area contributed by atoms with Gasteiger partial charge in [0.25, 0.3) is 5.91 Å². The summed E-state index contributed by atoms with van der Waals surface area (Å²) >= 11 is 9.33. The molecule has 0 spiro atoms. The highest BCUT2D eigenvalue weighted by atomic mass is 79.9. The van der Waals surface area contributed by atoms with Crippen molar-refractivity contribution in [2.75, 3.05) is 6.61 Å². The molecule has 0 atom stereocenters. The number of ether oxygens (including phenoxy) is 2. The van der Waals surface area contributed by atoms with Crippen molar-refractivity contribution < 1.29 is 14.3 Å². The molecule has 0 unspecified atom stereocenters. The molecule has 7 heteroatoms. The number of hydrogen-bond acceptors (Lipinski definition) is 4. The third-order valence-corrected chi connectivity index (χ3v) is 4.88. The van der Waals surface area contributed by atoms with Crippen LogP contribution in [0.25, 0.3) is 0 Å². The van der Waals surface area contributed by atoms with Crippen molar-refractivity contribution in [1.82, 2.24) is 5.43 Å². The lowest BCUT2D eigenvalue weighted by Gasteiger charge is -2.11. The SMILES string of the molecule is C=CCOc1ccc(Br)cc1C=NNC(=O)c1ccccc1OCc1ccc(Cl)cc1. The summed E-state index contributed by atoms with van der Waals surface area (Å²) in [7, 11) is 0. The number of hydrogen-bond donors (Lipinski definition) is 1. The van der Waals surface area contributed by atoms with Crippen LogP contribution in [-0.4, -0.2) is 18.7 Å². The maximum absolute atomic E-state index is 12.7. The van der Waals surface area contributed by atoms with Crippen molar-refractivity contribution in [3.05, 3.63) is 106 Å². The molecule has 0 saturated heterocycles. The van der Waals surface area contributed by atoms with Gasteiger partial charge in [0.1, 0.15) is 24.7 Å². The van der Waals surface area contributed by atoms with Gasteiger partial charge in [-0.15, -0.1) is 0 Å². The number of para-hydroxylation sites is 1. The minimum Gasteiger partial charge on any atom is -0.489 e. The molecule has 0 aliphatic carbocycles. The summed E-state index contributed by atoms with van der Waals surface area (Å²) in [5.41, 5.74) is 4.57. The van der Waals surface area contributed by atoms with E-state index in [0.29, 0.717) is 40.9 Å².